The van der Waals surface area contributed by atoms with Gasteiger partial charge in [0.15, 0.2) is 0 Å². The van der Waals surface area contributed by atoms with Crippen LogP contribution in [-0.4, -0.2) is 56.2 Å². The number of carbonyl (C=O) groups excluding carboxylic acids is 1. The number of amides is 1. The van der Waals surface area contributed by atoms with Gasteiger partial charge in [0.1, 0.15) is 0 Å². The van der Waals surface area contributed by atoms with Crippen LogP contribution in [0.25, 0.3) is 0 Å². The molecule has 2 atom stereocenters. The summed E-state index contributed by atoms with van der Waals surface area (Å²) in [5.74, 6) is 0.254. The third-order valence-corrected chi connectivity index (χ3v) is 8.38. The number of carbonyl (C=O) groups is 1. The zero-order chi connectivity index (χ0) is 20.1. The zero-order valence-electron chi connectivity index (χ0n) is 16.3. The Morgan fingerprint density at radius 3 is 2.82 bits per heavy atom. The summed E-state index contributed by atoms with van der Waals surface area (Å²) >= 11 is 5.59. The molecule has 150 valence electrons. The molecule has 8 heteroatoms. The minimum atomic E-state index is -0.685. The van der Waals surface area contributed by atoms with Gasteiger partial charge < -0.3 is 0 Å². The fourth-order valence-electron chi connectivity index (χ4n) is 3.41. The molecule has 28 heavy (non-hydrogen) atoms. The fraction of sp³-hybridized carbons (Fsp3) is 0.450. The first-order chi connectivity index (χ1) is 13.4. The molecule has 0 spiro atoms. The van der Waals surface area contributed by atoms with Crippen molar-refractivity contribution in [1.29, 1.82) is 0 Å². The van der Waals surface area contributed by atoms with E-state index in [1.54, 1.807) is 6.20 Å². The van der Waals surface area contributed by atoms with Gasteiger partial charge in [-0.05, 0) is 0 Å². The van der Waals surface area contributed by atoms with E-state index in [2.05, 4.69) is 45.3 Å². The normalized spacial score (nSPS) is 16.0. The molecule has 0 aliphatic carbocycles. The SMILES string of the molecule is CCN1CCc2ccc(Nc3ncc(Cl)c([AsH]C(C)CC(N)=O)n3)cc2CC1. The van der Waals surface area contributed by atoms with Gasteiger partial charge in [-0.25, -0.2) is 0 Å². The Morgan fingerprint density at radius 1 is 1.36 bits per heavy atom. The van der Waals surface area contributed by atoms with E-state index in [1.165, 1.54) is 11.1 Å². The van der Waals surface area contributed by atoms with Gasteiger partial charge in [-0.3, -0.25) is 0 Å². The second-order valence-electron chi connectivity index (χ2n) is 7.15. The van der Waals surface area contributed by atoms with E-state index in [0.717, 1.165) is 42.6 Å². The maximum atomic E-state index is 11.1. The van der Waals surface area contributed by atoms with Crippen molar-refractivity contribution in [2.75, 3.05) is 25.0 Å². The number of anilines is 2. The van der Waals surface area contributed by atoms with Gasteiger partial charge in [0.25, 0.3) is 0 Å². The van der Waals surface area contributed by atoms with Crippen LogP contribution in [-0.2, 0) is 17.6 Å². The van der Waals surface area contributed by atoms with Gasteiger partial charge in [-0.1, -0.05) is 0 Å². The van der Waals surface area contributed by atoms with Crippen LogP contribution < -0.4 is 15.5 Å². The summed E-state index contributed by atoms with van der Waals surface area (Å²) in [6.45, 7) is 7.54. The molecule has 0 radical (unpaired) electrons. The summed E-state index contributed by atoms with van der Waals surface area (Å²) in [7, 11) is 0. The van der Waals surface area contributed by atoms with Crippen LogP contribution in [0.4, 0.5) is 11.6 Å². The number of nitrogens with zero attached hydrogens (tertiary/aromatic N) is 3. The second kappa shape index (κ2) is 9.73. The second-order valence-corrected chi connectivity index (χ2v) is 11.2. The third kappa shape index (κ3) is 5.69. The molecule has 3 rings (SSSR count). The van der Waals surface area contributed by atoms with Crippen molar-refractivity contribution in [3.63, 3.8) is 0 Å². The molecule has 1 aliphatic heterocycles. The number of aromatic nitrogens is 2. The molecular formula is C20H27AsClN5O. The van der Waals surface area contributed by atoms with Gasteiger partial charge in [0.2, 0.25) is 0 Å². The van der Waals surface area contributed by atoms with Crippen LogP contribution in [0.2, 0.25) is 9.73 Å². The van der Waals surface area contributed by atoms with Gasteiger partial charge >= 0.3 is 178 Å². The number of nitrogens with one attached hydrogen (secondary N) is 1. The van der Waals surface area contributed by atoms with Crippen LogP contribution >= 0.6 is 11.6 Å². The van der Waals surface area contributed by atoms with E-state index in [-0.39, 0.29) is 10.6 Å². The van der Waals surface area contributed by atoms with E-state index < -0.39 is 15.8 Å². The molecular weight excluding hydrogens is 437 g/mol. The molecule has 1 aromatic heterocycles. The first-order valence-electron chi connectivity index (χ1n) is 9.63. The van der Waals surface area contributed by atoms with E-state index in [0.29, 0.717) is 17.4 Å². The molecule has 3 N–H and O–H groups in total. The quantitative estimate of drug-likeness (QED) is 0.614. The number of nitrogens with two attached hydrogens (primary N) is 1. The third-order valence-electron chi connectivity index (χ3n) is 4.94. The summed E-state index contributed by atoms with van der Waals surface area (Å²) in [5.41, 5.74) is 9.10. The van der Waals surface area contributed by atoms with Crippen molar-refractivity contribution in [2.45, 2.75) is 37.8 Å². The molecule has 0 fully saturated rings. The number of benzene rings is 1. The van der Waals surface area contributed by atoms with Gasteiger partial charge in [0.05, 0.1) is 0 Å². The number of likely N-dealkylation sites (N-methyl/N-ethyl adjacent to an activating group) is 1. The predicted molar refractivity (Wildman–Crippen MR) is 116 cm³/mol. The number of fused-ring (bicyclic) bond motifs is 1. The number of hydrogen-bond acceptors (Lipinski definition) is 5. The number of halogens is 1. The Bertz CT molecular complexity index is 847. The van der Waals surface area contributed by atoms with Crippen molar-refractivity contribution in [2.24, 2.45) is 5.73 Å². The van der Waals surface area contributed by atoms with Gasteiger partial charge in [-0.2, -0.15) is 0 Å². The monoisotopic (exact) mass is 463 g/mol. The van der Waals surface area contributed by atoms with Crippen LogP contribution in [0.15, 0.2) is 24.4 Å². The Balaban J connectivity index is 1.73. The number of rotatable bonds is 7. The van der Waals surface area contributed by atoms with E-state index >= 15 is 0 Å². The molecule has 6 nitrogen and oxygen atoms in total. The van der Waals surface area contributed by atoms with Crippen molar-refractivity contribution in [3.05, 3.63) is 40.5 Å². The van der Waals surface area contributed by atoms with Crippen molar-refractivity contribution >= 4 is 49.4 Å². The predicted octanol–water partition coefficient (Wildman–Crippen LogP) is 2.04. The Kier molecular flexibility index (Phi) is 7.33. The van der Waals surface area contributed by atoms with Crippen molar-refractivity contribution in [3.8, 4) is 0 Å². The minimum absolute atomic E-state index is 0.201. The molecule has 1 aromatic carbocycles. The standard InChI is InChI=1S/C20H27AsClN5O/c1-3-27-8-6-14-4-5-16(11-15(14)7-9-27)25-20-24-12-17(22)19(26-20)21-13(2)10-18(23)28/h4-5,11-13,21H,3,6-10H2,1-2H3,(H2,23,28)(H,24,25,26). The van der Waals surface area contributed by atoms with Crippen LogP contribution in [0.3, 0.4) is 0 Å². The molecule has 2 aromatic rings. The maximum absolute atomic E-state index is 11.1. The topological polar surface area (TPSA) is 84.1 Å². The van der Waals surface area contributed by atoms with Crippen LogP contribution in [0.5, 0.6) is 0 Å². The molecule has 0 saturated carbocycles. The summed E-state index contributed by atoms with van der Waals surface area (Å²) in [6.07, 6.45) is 4.15. The fourth-order valence-corrected chi connectivity index (χ4v) is 6.18. The zero-order valence-corrected chi connectivity index (χ0v) is 19.2. The Labute approximate surface area is 177 Å². The summed E-state index contributed by atoms with van der Waals surface area (Å²) in [6, 6.07) is 6.50. The summed E-state index contributed by atoms with van der Waals surface area (Å²) in [5, 5.41) is 3.87. The Hall–Kier alpha value is -1.62. The summed E-state index contributed by atoms with van der Waals surface area (Å²) < 4.78 is 1.05. The van der Waals surface area contributed by atoms with Gasteiger partial charge in [0, 0.05) is 0 Å². The Morgan fingerprint density at radius 2 is 2.11 bits per heavy atom. The molecule has 2 unspecified atom stereocenters. The van der Waals surface area contributed by atoms with Crippen molar-refractivity contribution < 1.29 is 4.79 Å². The molecule has 0 saturated heterocycles. The van der Waals surface area contributed by atoms with E-state index in [1.807, 2.05) is 6.92 Å². The van der Waals surface area contributed by atoms with E-state index in [4.69, 9.17) is 17.3 Å². The average molecular weight is 464 g/mol. The van der Waals surface area contributed by atoms with Gasteiger partial charge in [-0.15, -0.1) is 0 Å². The molecule has 1 aliphatic rings. The molecule has 1 amide bonds. The number of hydrogen-bond donors (Lipinski definition) is 2. The molecule has 2 heterocycles. The van der Waals surface area contributed by atoms with Crippen LogP contribution in [0, 0.1) is 0 Å². The summed E-state index contributed by atoms with van der Waals surface area (Å²) in [4.78, 5) is 22.6. The van der Waals surface area contributed by atoms with Crippen molar-refractivity contribution in [1.82, 2.24) is 14.9 Å². The first kappa shape index (κ1) is 21.1. The average Bonchev–Trinajstić information content (AvgIpc) is 2.85. The first-order valence-corrected chi connectivity index (χ1v) is 12.3. The number of primary amides is 1. The van der Waals surface area contributed by atoms with Crippen LogP contribution in [0.1, 0.15) is 31.4 Å². The van der Waals surface area contributed by atoms with E-state index in [9.17, 15) is 4.79 Å². The molecule has 0 bridgehead atoms.